The summed E-state index contributed by atoms with van der Waals surface area (Å²) in [5.74, 6) is 2.02. The summed E-state index contributed by atoms with van der Waals surface area (Å²) in [5, 5.41) is 3.06. The molecule has 2 aromatic rings. The molecule has 0 fully saturated rings. The number of hydrogen-bond acceptors (Lipinski definition) is 2. The van der Waals surface area contributed by atoms with Crippen LogP contribution in [-0.2, 0) is 0 Å². The Morgan fingerprint density at radius 3 is 1.90 bits per heavy atom. The van der Waals surface area contributed by atoms with Crippen molar-refractivity contribution in [2.75, 3.05) is 28.2 Å². The molecule has 0 aromatic heterocycles. The van der Waals surface area contributed by atoms with E-state index in [1.54, 1.807) is 7.05 Å². The van der Waals surface area contributed by atoms with Crippen LogP contribution in [0.5, 0.6) is 0 Å². The summed E-state index contributed by atoms with van der Waals surface area (Å²) in [6.07, 6.45) is 0. The van der Waals surface area contributed by atoms with Gasteiger partial charge in [-0.05, 0) is 31.9 Å². The Hall–Kier alpha value is -2.75. The summed E-state index contributed by atoms with van der Waals surface area (Å²) < 4.78 is 2.15. The van der Waals surface area contributed by atoms with Crippen molar-refractivity contribution in [3.8, 4) is 0 Å². The highest BCUT2D eigenvalue weighted by Crippen LogP contribution is 2.21. The quantitative estimate of drug-likeness (QED) is 0.378. The van der Waals surface area contributed by atoms with Crippen LogP contribution in [0.4, 0.5) is 0 Å². The first kappa shape index (κ1) is 27.2. The van der Waals surface area contributed by atoms with Crippen LogP contribution in [0, 0.1) is 13.8 Å². The Balaban J connectivity index is 0.000000486. The summed E-state index contributed by atoms with van der Waals surface area (Å²) in [6, 6.07) is 14.6. The van der Waals surface area contributed by atoms with Crippen molar-refractivity contribution in [1.29, 1.82) is 0 Å². The zero-order valence-electron chi connectivity index (χ0n) is 20.9. The van der Waals surface area contributed by atoms with Crippen LogP contribution in [0.15, 0.2) is 52.4 Å². The summed E-state index contributed by atoms with van der Waals surface area (Å²) in [5.41, 5.74) is 7.59. The molecule has 0 amide bonds. The second kappa shape index (κ2) is 14.3. The molecule has 0 atom stereocenters. The molecule has 0 aliphatic carbocycles. The molecule has 164 valence electrons. The second-order valence-electron chi connectivity index (χ2n) is 6.33. The molecular formula is C26H41N4+. The highest BCUT2D eigenvalue weighted by molar-refractivity contribution is 6.14. The largest absolute Gasteiger partial charge is 0.373 e. The van der Waals surface area contributed by atoms with Crippen molar-refractivity contribution in [3.05, 3.63) is 70.3 Å². The number of hydrogen-bond donors (Lipinski definition) is 1. The molecular weight excluding hydrogens is 368 g/mol. The number of benzene rings is 2. The molecule has 0 bridgehead atoms. The van der Waals surface area contributed by atoms with Crippen LogP contribution in [-0.4, -0.2) is 50.1 Å². The van der Waals surface area contributed by atoms with E-state index in [-0.39, 0.29) is 0 Å². The molecule has 0 spiro atoms. The number of aliphatic imine (C=N–C) groups is 2. The van der Waals surface area contributed by atoms with Gasteiger partial charge in [0.05, 0.1) is 12.6 Å². The lowest BCUT2D eigenvalue weighted by molar-refractivity contribution is -0.366. The van der Waals surface area contributed by atoms with E-state index in [0.29, 0.717) is 0 Å². The van der Waals surface area contributed by atoms with Crippen molar-refractivity contribution in [1.82, 2.24) is 5.32 Å². The molecule has 0 unspecified atom stereocenters. The maximum absolute atomic E-state index is 4.34. The number of nitrogens with zero attached hydrogens (tertiary/aromatic N) is 3. The van der Waals surface area contributed by atoms with Gasteiger partial charge in [0.1, 0.15) is 18.6 Å². The van der Waals surface area contributed by atoms with E-state index in [1.165, 1.54) is 33.5 Å². The minimum atomic E-state index is 0.938. The Morgan fingerprint density at radius 1 is 0.833 bits per heavy atom. The standard InChI is InChI=1S/C12H15N2.C10H14N2.2C2H6/c1-8-6-5-7-10-9(2)14(4)12(13-3)11(8)10;1-8-6-4-5-7-9(8)10(11-2)12-3;2*1-2/h5-7H,1-4H3;4-7H,1-3H3,(H,11,12);2*1-2H3/q+1;;;. The van der Waals surface area contributed by atoms with Gasteiger partial charge in [-0.3, -0.25) is 4.99 Å². The molecule has 1 N–H and O–H groups in total. The number of rotatable bonds is 1. The van der Waals surface area contributed by atoms with Gasteiger partial charge in [-0.25, -0.2) is 4.58 Å². The van der Waals surface area contributed by atoms with Crippen molar-refractivity contribution in [2.45, 2.75) is 48.5 Å². The highest BCUT2D eigenvalue weighted by Gasteiger charge is 2.29. The monoisotopic (exact) mass is 409 g/mol. The van der Waals surface area contributed by atoms with Crippen LogP contribution in [0.25, 0.3) is 0 Å². The van der Waals surface area contributed by atoms with Gasteiger partial charge in [0.15, 0.2) is 0 Å². The Kier molecular flexibility index (Phi) is 13.0. The molecule has 0 saturated carbocycles. The van der Waals surface area contributed by atoms with E-state index >= 15 is 0 Å². The third-order valence-electron chi connectivity index (χ3n) is 4.78. The molecule has 1 heterocycles. The van der Waals surface area contributed by atoms with Gasteiger partial charge in [-0.2, -0.15) is 0 Å². The van der Waals surface area contributed by atoms with E-state index in [4.69, 9.17) is 0 Å². The lowest BCUT2D eigenvalue weighted by Gasteiger charge is -2.07. The Bertz CT molecular complexity index is 890. The Morgan fingerprint density at radius 2 is 1.40 bits per heavy atom. The summed E-state index contributed by atoms with van der Waals surface area (Å²) in [6.45, 7) is 14.4. The van der Waals surface area contributed by atoms with Gasteiger partial charge in [0, 0.05) is 25.2 Å². The van der Waals surface area contributed by atoms with Gasteiger partial charge in [0.25, 0.3) is 0 Å². The van der Waals surface area contributed by atoms with Crippen LogP contribution in [0.2, 0.25) is 0 Å². The van der Waals surface area contributed by atoms with E-state index < -0.39 is 0 Å². The Labute approximate surface area is 184 Å². The molecule has 0 saturated heterocycles. The molecule has 4 nitrogen and oxygen atoms in total. The van der Waals surface area contributed by atoms with Crippen LogP contribution < -0.4 is 5.32 Å². The van der Waals surface area contributed by atoms with E-state index in [9.17, 15) is 0 Å². The zero-order valence-corrected chi connectivity index (χ0v) is 20.9. The summed E-state index contributed by atoms with van der Waals surface area (Å²) in [7, 11) is 7.59. The smallest absolute Gasteiger partial charge is 0.325 e. The van der Waals surface area contributed by atoms with Crippen LogP contribution in [0.3, 0.4) is 0 Å². The maximum Gasteiger partial charge on any atom is 0.325 e. The molecule has 2 aromatic carbocycles. The number of aryl methyl sites for hydroxylation is 2. The maximum atomic E-state index is 4.34. The first-order valence-corrected chi connectivity index (χ1v) is 10.8. The lowest BCUT2D eigenvalue weighted by atomic mass is 10.0. The number of fused-ring (bicyclic) bond motifs is 1. The van der Waals surface area contributed by atoms with Gasteiger partial charge in [-0.15, -0.1) is 0 Å². The van der Waals surface area contributed by atoms with E-state index in [2.05, 4.69) is 78.0 Å². The summed E-state index contributed by atoms with van der Waals surface area (Å²) >= 11 is 0. The first-order chi connectivity index (χ1) is 14.5. The van der Waals surface area contributed by atoms with Crippen LogP contribution >= 0.6 is 0 Å². The molecule has 3 rings (SSSR count). The normalized spacial score (nSPS) is 13.3. The topological polar surface area (TPSA) is 39.8 Å². The SMILES string of the molecule is CC.CC.CN=C(NC)c1ccccc1C.CN=C1c2c(C)cccc2C(C)=[N+]1C. The summed E-state index contributed by atoms with van der Waals surface area (Å²) in [4.78, 5) is 8.49. The fraction of sp³-hybridized carbons (Fsp3) is 0.423. The van der Waals surface area contributed by atoms with Crippen LogP contribution in [0.1, 0.15) is 62.4 Å². The highest BCUT2D eigenvalue weighted by atomic mass is 15.1. The van der Waals surface area contributed by atoms with Crippen molar-refractivity contribution in [2.24, 2.45) is 9.98 Å². The fourth-order valence-electron chi connectivity index (χ4n) is 3.24. The van der Waals surface area contributed by atoms with Crippen molar-refractivity contribution in [3.63, 3.8) is 0 Å². The van der Waals surface area contributed by atoms with Crippen molar-refractivity contribution >= 4 is 17.4 Å². The molecule has 30 heavy (non-hydrogen) atoms. The molecule has 0 radical (unpaired) electrons. The second-order valence-corrected chi connectivity index (χ2v) is 6.33. The predicted molar refractivity (Wildman–Crippen MR) is 135 cm³/mol. The van der Waals surface area contributed by atoms with E-state index in [1.807, 2.05) is 53.9 Å². The van der Waals surface area contributed by atoms with Gasteiger partial charge >= 0.3 is 5.84 Å². The average molecular weight is 410 g/mol. The molecule has 1 aliphatic heterocycles. The minimum absolute atomic E-state index is 0.938. The molecule has 1 aliphatic rings. The van der Waals surface area contributed by atoms with E-state index in [0.717, 1.165) is 11.7 Å². The molecule has 4 heteroatoms. The van der Waals surface area contributed by atoms with Crippen molar-refractivity contribution < 1.29 is 4.58 Å². The fourth-order valence-corrected chi connectivity index (χ4v) is 3.24. The third-order valence-corrected chi connectivity index (χ3v) is 4.78. The first-order valence-electron chi connectivity index (χ1n) is 10.8. The third kappa shape index (κ3) is 6.38. The van der Waals surface area contributed by atoms with Gasteiger partial charge < -0.3 is 5.32 Å². The number of amidine groups is 2. The average Bonchev–Trinajstić information content (AvgIpc) is 3.04. The minimum Gasteiger partial charge on any atom is -0.373 e. The number of nitrogens with one attached hydrogen (secondary N) is 1. The zero-order chi connectivity index (χ0) is 23.3. The lowest BCUT2D eigenvalue weighted by Crippen LogP contribution is -2.20. The van der Waals surface area contributed by atoms with Gasteiger partial charge in [0.2, 0.25) is 0 Å². The predicted octanol–water partition coefficient (Wildman–Crippen LogP) is 5.48. The van der Waals surface area contributed by atoms with Gasteiger partial charge in [-0.1, -0.05) is 75.2 Å².